The Labute approximate surface area is 186 Å². The van der Waals surface area contributed by atoms with Crippen LogP contribution in [0.4, 0.5) is 5.69 Å². The molecule has 2 unspecified atom stereocenters. The first-order valence-electron chi connectivity index (χ1n) is 11.1. The lowest BCUT2D eigenvalue weighted by Crippen LogP contribution is -2.54. The highest BCUT2D eigenvalue weighted by Gasteiger charge is 2.68. The van der Waals surface area contributed by atoms with Gasteiger partial charge in [-0.1, -0.05) is 74.5 Å². The van der Waals surface area contributed by atoms with Gasteiger partial charge in [0.15, 0.2) is 0 Å². The van der Waals surface area contributed by atoms with E-state index in [0.29, 0.717) is 11.6 Å². The first-order chi connectivity index (χ1) is 15.5. The Morgan fingerprint density at radius 1 is 0.812 bits per heavy atom. The summed E-state index contributed by atoms with van der Waals surface area (Å²) >= 11 is 0. The van der Waals surface area contributed by atoms with Crippen LogP contribution < -0.4 is 4.90 Å². The van der Waals surface area contributed by atoms with Crippen molar-refractivity contribution in [3.63, 3.8) is 0 Å². The summed E-state index contributed by atoms with van der Waals surface area (Å²) in [5, 5.41) is 0. The van der Waals surface area contributed by atoms with Gasteiger partial charge in [0.05, 0.1) is 22.9 Å². The number of benzene rings is 3. The van der Waals surface area contributed by atoms with Crippen molar-refractivity contribution in [2.45, 2.75) is 31.1 Å². The molecular weight excluding hydrogens is 398 g/mol. The third kappa shape index (κ3) is 2.15. The molecule has 158 valence electrons. The smallest absolute Gasteiger partial charge is 0.239 e. The summed E-state index contributed by atoms with van der Waals surface area (Å²) in [7, 11) is 0. The van der Waals surface area contributed by atoms with Crippen LogP contribution in [0.2, 0.25) is 0 Å². The molecule has 3 aromatic carbocycles. The normalized spacial score (nSPS) is 27.3. The van der Waals surface area contributed by atoms with Gasteiger partial charge in [-0.05, 0) is 45.9 Å². The van der Waals surface area contributed by atoms with Crippen LogP contribution in [-0.4, -0.2) is 18.1 Å². The number of carbonyl (C=O) groups excluding carboxylic acids is 3. The van der Waals surface area contributed by atoms with Gasteiger partial charge in [0.25, 0.3) is 0 Å². The van der Waals surface area contributed by atoms with Gasteiger partial charge < -0.3 is 4.79 Å². The van der Waals surface area contributed by atoms with Crippen molar-refractivity contribution in [1.82, 2.24) is 0 Å². The molecule has 4 heteroatoms. The molecule has 7 rings (SSSR count). The minimum absolute atomic E-state index is 0.211. The SMILES string of the molecule is CC(C)c1ccc(N2C(=O)C3C4c5ccccc5C(C=O)(c5ccccc54)C3C2=O)cc1. The highest BCUT2D eigenvalue weighted by molar-refractivity contribution is 6.24. The summed E-state index contributed by atoms with van der Waals surface area (Å²) < 4.78 is 0. The van der Waals surface area contributed by atoms with Gasteiger partial charge in [0.2, 0.25) is 11.8 Å². The highest BCUT2D eigenvalue weighted by Crippen LogP contribution is 2.63. The van der Waals surface area contributed by atoms with Crippen molar-refractivity contribution in [3.05, 3.63) is 101 Å². The van der Waals surface area contributed by atoms with E-state index < -0.39 is 17.3 Å². The van der Waals surface area contributed by atoms with Crippen LogP contribution >= 0.6 is 0 Å². The molecule has 3 aromatic rings. The van der Waals surface area contributed by atoms with E-state index >= 15 is 0 Å². The van der Waals surface area contributed by atoms with E-state index in [1.165, 1.54) is 4.90 Å². The molecule has 0 radical (unpaired) electrons. The third-order valence-electron chi connectivity index (χ3n) is 7.69. The van der Waals surface area contributed by atoms with E-state index in [-0.39, 0.29) is 17.7 Å². The number of hydrogen-bond acceptors (Lipinski definition) is 3. The van der Waals surface area contributed by atoms with E-state index in [9.17, 15) is 14.4 Å². The molecule has 2 bridgehead atoms. The Balaban J connectivity index is 1.58. The average Bonchev–Trinajstić information content (AvgIpc) is 3.10. The lowest BCUT2D eigenvalue weighted by Gasteiger charge is -2.51. The van der Waals surface area contributed by atoms with Gasteiger partial charge in [-0.25, -0.2) is 4.90 Å². The number of hydrogen-bond donors (Lipinski definition) is 0. The number of aldehydes is 1. The Bertz CT molecular complexity index is 1240. The Hall–Kier alpha value is -3.53. The number of amides is 2. The molecular formula is C28H23NO3. The Kier molecular flexibility index (Phi) is 3.89. The monoisotopic (exact) mass is 421 g/mol. The molecule has 2 amide bonds. The van der Waals surface area contributed by atoms with Crippen molar-refractivity contribution < 1.29 is 14.4 Å². The molecule has 0 spiro atoms. The molecule has 1 fully saturated rings. The largest absolute Gasteiger partial charge is 0.302 e. The third-order valence-corrected chi connectivity index (χ3v) is 7.69. The zero-order valence-corrected chi connectivity index (χ0v) is 18.0. The fourth-order valence-corrected chi connectivity index (χ4v) is 6.29. The van der Waals surface area contributed by atoms with Crippen molar-refractivity contribution in [2.75, 3.05) is 4.90 Å². The maximum absolute atomic E-state index is 13.9. The highest BCUT2D eigenvalue weighted by atomic mass is 16.2. The predicted octanol–water partition coefficient (Wildman–Crippen LogP) is 4.56. The van der Waals surface area contributed by atoms with Crippen LogP contribution in [0, 0.1) is 11.8 Å². The molecule has 1 heterocycles. The molecule has 1 aliphatic heterocycles. The molecule has 0 N–H and O–H groups in total. The maximum atomic E-state index is 13.9. The first-order valence-corrected chi connectivity index (χ1v) is 11.1. The topological polar surface area (TPSA) is 54.5 Å². The van der Waals surface area contributed by atoms with Crippen LogP contribution in [-0.2, 0) is 19.8 Å². The molecule has 1 saturated heterocycles. The second-order valence-corrected chi connectivity index (χ2v) is 9.40. The van der Waals surface area contributed by atoms with Gasteiger partial charge in [0.1, 0.15) is 6.29 Å². The van der Waals surface area contributed by atoms with Gasteiger partial charge in [0, 0.05) is 5.92 Å². The molecule has 2 atom stereocenters. The summed E-state index contributed by atoms with van der Waals surface area (Å²) in [5.41, 5.74) is 4.26. The molecule has 4 aliphatic rings. The Morgan fingerprint density at radius 3 is 1.91 bits per heavy atom. The second kappa shape index (κ2) is 6.49. The second-order valence-electron chi connectivity index (χ2n) is 9.40. The average molecular weight is 421 g/mol. The van der Waals surface area contributed by atoms with Crippen LogP contribution in [0.1, 0.15) is 53.5 Å². The molecule has 3 aliphatic carbocycles. The summed E-state index contributed by atoms with van der Waals surface area (Å²) in [6, 6.07) is 23.2. The van der Waals surface area contributed by atoms with E-state index in [0.717, 1.165) is 34.1 Å². The van der Waals surface area contributed by atoms with Gasteiger partial charge in [-0.15, -0.1) is 0 Å². The Morgan fingerprint density at radius 2 is 1.38 bits per heavy atom. The number of anilines is 1. The van der Waals surface area contributed by atoms with Gasteiger partial charge in [-0.2, -0.15) is 0 Å². The van der Waals surface area contributed by atoms with Crippen molar-refractivity contribution in [2.24, 2.45) is 11.8 Å². The first kappa shape index (κ1) is 19.2. The van der Waals surface area contributed by atoms with Crippen LogP contribution in [0.5, 0.6) is 0 Å². The summed E-state index contributed by atoms with van der Waals surface area (Å²) in [6.07, 6.45) is 0.911. The number of nitrogens with zero attached hydrogens (tertiary/aromatic N) is 1. The lowest BCUT2D eigenvalue weighted by molar-refractivity contribution is -0.128. The predicted molar refractivity (Wildman–Crippen MR) is 122 cm³/mol. The van der Waals surface area contributed by atoms with E-state index in [1.54, 1.807) is 0 Å². The minimum Gasteiger partial charge on any atom is -0.302 e. The van der Waals surface area contributed by atoms with E-state index in [1.807, 2.05) is 72.8 Å². The van der Waals surface area contributed by atoms with Crippen molar-refractivity contribution in [3.8, 4) is 0 Å². The van der Waals surface area contributed by atoms with E-state index in [2.05, 4.69) is 13.8 Å². The molecule has 32 heavy (non-hydrogen) atoms. The number of imide groups is 1. The quantitative estimate of drug-likeness (QED) is 0.460. The van der Waals surface area contributed by atoms with Crippen LogP contribution in [0.25, 0.3) is 0 Å². The summed E-state index contributed by atoms with van der Waals surface area (Å²) in [6.45, 7) is 4.21. The van der Waals surface area contributed by atoms with Gasteiger partial charge in [-0.3, -0.25) is 9.59 Å². The zero-order chi connectivity index (χ0) is 22.2. The summed E-state index contributed by atoms with van der Waals surface area (Å²) in [4.78, 5) is 42.0. The fourth-order valence-electron chi connectivity index (χ4n) is 6.29. The molecule has 0 aromatic heterocycles. The summed E-state index contributed by atoms with van der Waals surface area (Å²) in [5.74, 6) is -1.68. The van der Waals surface area contributed by atoms with E-state index in [4.69, 9.17) is 0 Å². The maximum Gasteiger partial charge on any atom is 0.239 e. The molecule has 4 nitrogen and oxygen atoms in total. The van der Waals surface area contributed by atoms with Crippen molar-refractivity contribution >= 4 is 23.8 Å². The van der Waals surface area contributed by atoms with Crippen molar-refractivity contribution in [1.29, 1.82) is 0 Å². The van der Waals surface area contributed by atoms with Crippen LogP contribution in [0.3, 0.4) is 0 Å². The fraction of sp³-hybridized carbons (Fsp3) is 0.250. The number of carbonyl (C=O) groups is 3. The molecule has 0 saturated carbocycles. The number of rotatable bonds is 3. The van der Waals surface area contributed by atoms with Gasteiger partial charge >= 0.3 is 0 Å². The minimum atomic E-state index is -1.15. The standard InChI is InChI=1S/C28H23NO3/c1-16(2)17-11-13-18(14-12-17)29-26(31)24-23-19-7-3-5-9-21(19)28(15-30,25(24)27(29)32)22-10-6-4-8-20(22)23/h3-16,23-25H,1-2H3. The zero-order valence-electron chi connectivity index (χ0n) is 18.0. The lowest BCUT2D eigenvalue weighted by atomic mass is 9.48. The van der Waals surface area contributed by atoms with Crippen LogP contribution in [0.15, 0.2) is 72.8 Å².